The number of aromatic nitrogens is 2. The number of allylic oxidation sites excluding steroid dienone is 5. The van der Waals surface area contributed by atoms with Crippen LogP contribution in [-0.2, 0) is 0 Å². The average molecular weight is 351 g/mol. The van der Waals surface area contributed by atoms with Crippen LogP contribution in [0.1, 0.15) is 6.42 Å². The van der Waals surface area contributed by atoms with Gasteiger partial charge in [-0.1, -0.05) is 35.5 Å². The molecule has 1 N–H and O–H groups in total. The average Bonchev–Trinajstić information content (AvgIpc) is 2.48. The zero-order valence-corrected chi connectivity index (χ0v) is 11.4. The highest BCUT2D eigenvalue weighted by Crippen LogP contribution is 2.31. The minimum absolute atomic E-state index is 0.795. The molecule has 0 saturated carbocycles. The summed E-state index contributed by atoms with van der Waals surface area (Å²) in [5, 5.41) is 7.69. The van der Waals surface area contributed by atoms with Crippen LogP contribution in [0.5, 0.6) is 0 Å². The highest BCUT2D eigenvalue weighted by atomic mass is 127. The zero-order chi connectivity index (χ0) is 10.7. The molecule has 0 spiro atoms. The van der Waals surface area contributed by atoms with Crippen molar-refractivity contribution in [3.05, 3.63) is 44.1 Å². The molecule has 0 saturated heterocycles. The van der Waals surface area contributed by atoms with Gasteiger partial charge in [-0.3, -0.25) is 5.10 Å². The van der Waals surface area contributed by atoms with Crippen LogP contribution in [0.25, 0.3) is 0 Å². The third-order valence-corrected chi connectivity index (χ3v) is 4.36. The first kappa shape index (κ1) is 11.3. The van der Waals surface area contributed by atoms with E-state index in [9.17, 15) is 0 Å². The number of aromatic amines is 1. The van der Waals surface area contributed by atoms with E-state index in [2.05, 4.69) is 38.9 Å². The van der Waals surface area contributed by atoms with Crippen LogP contribution in [0, 0.1) is 3.70 Å². The molecular formula is C10H8ClIN2S. The maximum Gasteiger partial charge on any atom is 0.110 e. The third kappa shape index (κ3) is 3.12. The Morgan fingerprint density at radius 1 is 1.40 bits per heavy atom. The molecule has 2 rings (SSSR count). The summed E-state index contributed by atoms with van der Waals surface area (Å²) in [5.41, 5.74) is 0. The van der Waals surface area contributed by atoms with E-state index in [1.807, 2.05) is 24.4 Å². The summed E-state index contributed by atoms with van der Waals surface area (Å²) in [6, 6.07) is 0. The molecule has 0 unspecified atom stereocenters. The van der Waals surface area contributed by atoms with Crippen molar-refractivity contribution in [1.29, 1.82) is 0 Å². The molecule has 1 heterocycles. The first-order valence-corrected chi connectivity index (χ1v) is 6.63. The predicted molar refractivity (Wildman–Crippen MR) is 72.9 cm³/mol. The van der Waals surface area contributed by atoms with Gasteiger partial charge in [0.2, 0.25) is 0 Å². The van der Waals surface area contributed by atoms with E-state index in [1.165, 1.54) is 4.91 Å². The fourth-order valence-electron chi connectivity index (χ4n) is 1.12. The maximum absolute atomic E-state index is 5.91. The summed E-state index contributed by atoms with van der Waals surface area (Å²) in [4.78, 5) is 2.34. The number of hydrogen-bond donors (Lipinski definition) is 1. The summed E-state index contributed by atoms with van der Waals surface area (Å²) < 4.78 is 1.07. The second-order valence-corrected chi connectivity index (χ2v) is 5.55. The Morgan fingerprint density at radius 3 is 3.00 bits per heavy atom. The Balaban J connectivity index is 2.11. The summed E-state index contributed by atoms with van der Waals surface area (Å²) >= 11 is 9.84. The molecule has 0 amide bonds. The standard InChI is InChI=1S/C10H8ClIN2S/c11-7-2-1-3-8(5-4-7)15-9-6-13-14-10(9)12/h2-6H,1H2,(H,13,14). The van der Waals surface area contributed by atoms with E-state index in [0.29, 0.717) is 0 Å². The maximum atomic E-state index is 5.91. The molecule has 1 aliphatic carbocycles. The van der Waals surface area contributed by atoms with Crippen molar-refractivity contribution < 1.29 is 0 Å². The van der Waals surface area contributed by atoms with Crippen molar-refractivity contribution in [2.45, 2.75) is 11.3 Å². The van der Waals surface area contributed by atoms with Crippen molar-refractivity contribution in [3.8, 4) is 0 Å². The van der Waals surface area contributed by atoms with Crippen LogP contribution >= 0.6 is 46.0 Å². The minimum atomic E-state index is 0.795. The van der Waals surface area contributed by atoms with Gasteiger partial charge in [0.1, 0.15) is 3.70 Å². The molecule has 2 nitrogen and oxygen atoms in total. The Kier molecular flexibility index (Phi) is 3.93. The van der Waals surface area contributed by atoms with Gasteiger partial charge >= 0.3 is 0 Å². The quantitative estimate of drug-likeness (QED) is 0.815. The molecule has 0 bridgehead atoms. The lowest BCUT2D eigenvalue weighted by atomic mass is 10.4. The smallest absolute Gasteiger partial charge is 0.110 e. The van der Waals surface area contributed by atoms with E-state index in [1.54, 1.807) is 11.8 Å². The monoisotopic (exact) mass is 350 g/mol. The summed E-state index contributed by atoms with van der Waals surface area (Å²) in [6.45, 7) is 0. The van der Waals surface area contributed by atoms with Crippen molar-refractivity contribution in [2.75, 3.05) is 0 Å². The first-order chi connectivity index (χ1) is 7.25. The molecule has 1 aromatic rings. The number of H-pyrrole nitrogens is 1. The number of nitrogens with one attached hydrogen (secondary N) is 1. The molecule has 0 fully saturated rings. The van der Waals surface area contributed by atoms with Gasteiger partial charge in [-0.05, 0) is 41.2 Å². The minimum Gasteiger partial charge on any atom is -0.271 e. The lowest BCUT2D eigenvalue weighted by Crippen LogP contribution is -1.74. The molecule has 0 aliphatic heterocycles. The van der Waals surface area contributed by atoms with E-state index >= 15 is 0 Å². The topological polar surface area (TPSA) is 28.7 Å². The lowest BCUT2D eigenvalue weighted by molar-refractivity contribution is 1.07. The van der Waals surface area contributed by atoms with E-state index in [4.69, 9.17) is 11.6 Å². The lowest BCUT2D eigenvalue weighted by Gasteiger charge is -1.98. The van der Waals surface area contributed by atoms with Gasteiger partial charge < -0.3 is 0 Å². The van der Waals surface area contributed by atoms with Gasteiger partial charge in [0.25, 0.3) is 0 Å². The van der Waals surface area contributed by atoms with Gasteiger partial charge in [0, 0.05) is 9.94 Å². The Morgan fingerprint density at radius 2 is 2.27 bits per heavy atom. The first-order valence-electron chi connectivity index (χ1n) is 4.36. The molecule has 0 radical (unpaired) electrons. The van der Waals surface area contributed by atoms with Gasteiger partial charge in [0.15, 0.2) is 0 Å². The Bertz CT molecular complexity index is 448. The summed E-state index contributed by atoms with van der Waals surface area (Å²) in [7, 11) is 0. The van der Waals surface area contributed by atoms with Gasteiger partial charge in [-0.25, -0.2) is 0 Å². The van der Waals surface area contributed by atoms with Crippen LogP contribution in [0.3, 0.4) is 0 Å². The number of hydrogen-bond acceptors (Lipinski definition) is 2. The molecule has 5 heteroatoms. The fraction of sp³-hybridized carbons (Fsp3) is 0.100. The summed E-state index contributed by atoms with van der Waals surface area (Å²) in [6.07, 6.45) is 10.8. The highest BCUT2D eigenvalue weighted by molar-refractivity contribution is 14.1. The highest BCUT2D eigenvalue weighted by Gasteiger charge is 2.05. The molecule has 0 atom stereocenters. The van der Waals surface area contributed by atoms with Crippen LogP contribution in [0.2, 0.25) is 0 Å². The van der Waals surface area contributed by atoms with Crippen molar-refractivity contribution in [2.24, 2.45) is 0 Å². The second kappa shape index (κ2) is 5.23. The SMILES string of the molecule is ClC1=CCC=C(Sc2cn[nH]c2I)C=C1. The number of nitrogens with zero attached hydrogens (tertiary/aromatic N) is 1. The van der Waals surface area contributed by atoms with Crippen molar-refractivity contribution in [1.82, 2.24) is 10.2 Å². The zero-order valence-electron chi connectivity index (χ0n) is 7.71. The molecule has 78 valence electrons. The largest absolute Gasteiger partial charge is 0.271 e. The summed E-state index contributed by atoms with van der Waals surface area (Å²) in [5.74, 6) is 0. The van der Waals surface area contributed by atoms with Gasteiger partial charge in [0.05, 0.1) is 11.1 Å². The molecule has 1 aromatic heterocycles. The van der Waals surface area contributed by atoms with Gasteiger partial charge in [-0.2, -0.15) is 5.10 Å². The van der Waals surface area contributed by atoms with E-state index in [0.717, 1.165) is 20.0 Å². The van der Waals surface area contributed by atoms with Crippen molar-refractivity contribution in [3.63, 3.8) is 0 Å². The second-order valence-electron chi connectivity index (χ2n) is 2.91. The van der Waals surface area contributed by atoms with E-state index in [-0.39, 0.29) is 0 Å². The number of halogens is 2. The fourth-order valence-corrected chi connectivity index (χ4v) is 2.69. The number of rotatable bonds is 2. The van der Waals surface area contributed by atoms with E-state index < -0.39 is 0 Å². The van der Waals surface area contributed by atoms with Crippen LogP contribution in [0.15, 0.2) is 45.3 Å². The van der Waals surface area contributed by atoms with Crippen LogP contribution in [-0.4, -0.2) is 10.2 Å². The Labute approximate surface area is 111 Å². The molecule has 1 aliphatic rings. The predicted octanol–water partition coefficient (Wildman–Crippen LogP) is 4.07. The Hall–Kier alpha value is -0.200. The van der Waals surface area contributed by atoms with Crippen LogP contribution < -0.4 is 0 Å². The third-order valence-electron chi connectivity index (χ3n) is 1.83. The normalized spacial score (nSPS) is 15.9. The van der Waals surface area contributed by atoms with Gasteiger partial charge in [-0.15, -0.1) is 0 Å². The molecular weight excluding hydrogens is 343 g/mol. The van der Waals surface area contributed by atoms with Crippen LogP contribution in [0.4, 0.5) is 0 Å². The van der Waals surface area contributed by atoms with Crippen molar-refractivity contribution >= 4 is 46.0 Å². The molecule has 15 heavy (non-hydrogen) atoms. The number of thioether (sulfide) groups is 1. The molecule has 0 aromatic carbocycles.